The zero-order valence-corrected chi connectivity index (χ0v) is 9.19. The Kier molecular flexibility index (Phi) is 2.58. The first kappa shape index (κ1) is 10.3. The van der Waals surface area contributed by atoms with E-state index in [2.05, 4.69) is 0 Å². The average Bonchev–Trinajstić information content (AvgIpc) is 2.69. The number of benzene rings is 1. The predicted molar refractivity (Wildman–Crippen MR) is 58.0 cm³/mol. The second-order valence-electron chi connectivity index (χ2n) is 2.94. The Morgan fingerprint density at radius 1 is 1.07 bits per heavy atom. The zero-order valence-electron chi connectivity index (χ0n) is 7.55. The average molecular weight is 242 g/mol. The van der Waals surface area contributed by atoms with Crippen LogP contribution in [0, 0.1) is 0 Å². The summed E-state index contributed by atoms with van der Waals surface area (Å²) in [7, 11) is -4.58. The Labute approximate surface area is 91.2 Å². The van der Waals surface area contributed by atoms with Gasteiger partial charge in [0.25, 0.3) is 0 Å². The highest BCUT2D eigenvalue weighted by Gasteiger charge is 2.11. The molecule has 5 heteroatoms. The molecule has 2 nitrogen and oxygen atoms in total. The Hall–Kier alpha value is -1.20. The molecule has 0 bridgehead atoms. The van der Waals surface area contributed by atoms with Crippen molar-refractivity contribution in [2.45, 2.75) is 4.90 Å². The Morgan fingerprint density at radius 3 is 2.20 bits per heavy atom. The van der Waals surface area contributed by atoms with Gasteiger partial charge in [0.2, 0.25) is 0 Å². The van der Waals surface area contributed by atoms with E-state index in [0.717, 1.165) is 10.4 Å². The van der Waals surface area contributed by atoms with Crippen molar-refractivity contribution in [2.75, 3.05) is 0 Å². The molecule has 2 rings (SSSR count). The molecule has 0 spiro atoms. The lowest BCUT2D eigenvalue weighted by Gasteiger charge is -1.98. The molecule has 15 heavy (non-hydrogen) atoms. The molecule has 0 saturated heterocycles. The van der Waals surface area contributed by atoms with Crippen molar-refractivity contribution in [1.29, 1.82) is 0 Å². The summed E-state index contributed by atoms with van der Waals surface area (Å²) < 4.78 is 33.7. The molecule has 0 unspecified atom stereocenters. The van der Waals surface area contributed by atoms with E-state index in [1.807, 2.05) is 17.5 Å². The summed E-state index contributed by atoms with van der Waals surface area (Å²) in [5, 5.41) is 1.93. The SMILES string of the molecule is O=S(=O)(F)c1ccc(-c2cccs2)cc1. The van der Waals surface area contributed by atoms with Gasteiger partial charge in [-0.2, -0.15) is 8.42 Å². The molecule has 0 fully saturated rings. The summed E-state index contributed by atoms with van der Waals surface area (Å²) in [5.41, 5.74) is 0.886. The molecule has 0 saturated carbocycles. The molecule has 1 heterocycles. The van der Waals surface area contributed by atoms with Gasteiger partial charge in [0.1, 0.15) is 0 Å². The van der Waals surface area contributed by atoms with Crippen LogP contribution in [-0.4, -0.2) is 8.42 Å². The van der Waals surface area contributed by atoms with E-state index in [1.54, 1.807) is 23.5 Å². The molecular formula is C10H7FO2S2. The van der Waals surface area contributed by atoms with E-state index < -0.39 is 10.2 Å². The van der Waals surface area contributed by atoms with Crippen LogP contribution in [0.1, 0.15) is 0 Å². The lowest BCUT2D eigenvalue weighted by molar-refractivity contribution is 0.552. The minimum Gasteiger partial charge on any atom is -0.189 e. The third-order valence-electron chi connectivity index (χ3n) is 1.94. The van der Waals surface area contributed by atoms with Crippen molar-refractivity contribution >= 4 is 21.6 Å². The summed E-state index contributed by atoms with van der Waals surface area (Å²) in [6.07, 6.45) is 0. The number of hydrogen-bond donors (Lipinski definition) is 0. The van der Waals surface area contributed by atoms with E-state index in [-0.39, 0.29) is 4.90 Å². The van der Waals surface area contributed by atoms with Crippen LogP contribution in [-0.2, 0) is 10.2 Å². The monoisotopic (exact) mass is 242 g/mol. The highest BCUT2D eigenvalue weighted by molar-refractivity contribution is 7.86. The van der Waals surface area contributed by atoms with Crippen molar-refractivity contribution in [1.82, 2.24) is 0 Å². The van der Waals surface area contributed by atoms with Crippen LogP contribution >= 0.6 is 11.3 Å². The second kappa shape index (κ2) is 3.75. The quantitative estimate of drug-likeness (QED) is 0.758. The van der Waals surface area contributed by atoms with Crippen molar-refractivity contribution in [3.8, 4) is 10.4 Å². The topological polar surface area (TPSA) is 34.1 Å². The van der Waals surface area contributed by atoms with E-state index in [4.69, 9.17) is 0 Å². The van der Waals surface area contributed by atoms with Gasteiger partial charge in [0, 0.05) is 4.88 Å². The van der Waals surface area contributed by atoms with E-state index in [9.17, 15) is 12.3 Å². The van der Waals surface area contributed by atoms with Crippen LogP contribution in [0.4, 0.5) is 3.89 Å². The summed E-state index contributed by atoms with van der Waals surface area (Å²) in [5.74, 6) is 0. The first-order valence-corrected chi connectivity index (χ1v) is 6.42. The minimum atomic E-state index is -4.58. The molecule has 2 aromatic rings. The van der Waals surface area contributed by atoms with Gasteiger partial charge >= 0.3 is 10.2 Å². The number of halogens is 1. The van der Waals surface area contributed by atoms with Crippen molar-refractivity contribution < 1.29 is 12.3 Å². The fraction of sp³-hybridized carbons (Fsp3) is 0. The van der Waals surface area contributed by atoms with E-state index in [1.165, 1.54) is 12.1 Å². The van der Waals surface area contributed by atoms with E-state index >= 15 is 0 Å². The van der Waals surface area contributed by atoms with Crippen molar-refractivity contribution in [3.63, 3.8) is 0 Å². The van der Waals surface area contributed by atoms with Gasteiger partial charge < -0.3 is 0 Å². The highest BCUT2D eigenvalue weighted by Crippen LogP contribution is 2.25. The molecule has 0 radical (unpaired) electrons. The second-order valence-corrected chi connectivity index (χ2v) is 5.23. The highest BCUT2D eigenvalue weighted by atomic mass is 32.3. The molecule has 0 amide bonds. The van der Waals surface area contributed by atoms with E-state index in [0.29, 0.717) is 0 Å². The van der Waals surface area contributed by atoms with Crippen LogP contribution in [0.15, 0.2) is 46.7 Å². The fourth-order valence-corrected chi connectivity index (χ4v) is 2.42. The Balaban J connectivity index is 2.42. The van der Waals surface area contributed by atoms with Gasteiger partial charge in [-0.1, -0.05) is 18.2 Å². The molecule has 0 aliphatic rings. The van der Waals surface area contributed by atoms with Gasteiger partial charge in [-0.05, 0) is 29.1 Å². The van der Waals surface area contributed by atoms with Gasteiger partial charge in [-0.25, -0.2) is 0 Å². The van der Waals surface area contributed by atoms with Crippen molar-refractivity contribution in [2.24, 2.45) is 0 Å². The van der Waals surface area contributed by atoms with Gasteiger partial charge in [-0.3, -0.25) is 0 Å². The fourth-order valence-electron chi connectivity index (χ4n) is 1.22. The molecule has 0 aliphatic heterocycles. The molecule has 0 aliphatic carbocycles. The van der Waals surface area contributed by atoms with Crippen LogP contribution in [0.5, 0.6) is 0 Å². The van der Waals surface area contributed by atoms with Crippen LogP contribution < -0.4 is 0 Å². The summed E-state index contributed by atoms with van der Waals surface area (Å²) >= 11 is 1.55. The molecule has 0 atom stereocenters. The molecular weight excluding hydrogens is 235 g/mol. The zero-order chi connectivity index (χ0) is 10.9. The van der Waals surface area contributed by atoms with Crippen LogP contribution in [0.25, 0.3) is 10.4 Å². The maximum absolute atomic E-state index is 12.6. The Bertz CT molecular complexity index is 542. The van der Waals surface area contributed by atoms with Gasteiger partial charge in [0.15, 0.2) is 0 Å². The molecule has 1 aromatic heterocycles. The minimum absolute atomic E-state index is 0.303. The Morgan fingerprint density at radius 2 is 1.73 bits per heavy atom. The maximum atomic E-state index is 12.6. The maximum Gasteiger partial charge on any atom is 0.332 e. The van der Waals surface area contributed by atoms with Crippen molar-refractivity contribution in [3.05, 3.63) is 41.8 Å². The van der Waals surface area contributed by atoms with Gasteiger partial charge in [0.05, 0.1) is 4.90 Å². The van der Waals surface area contributed by atoms with Crippen LogP contribution in [0.2, 0.25) is 0 Å². The first-order valence-electron chi connectivity index (χ1n) is 4.16. The summed E-state index contributed by atoms with van der Waals surface area (Å²) in [6, 6.07) is 9.55. The standard InChI is InChI=1S/C10H7FO2S2/c11-15(12,13)9-5-3-8(4-6-9)10-2-1-7-14-10/h1-7H. The number of thiophene rings is 1. The molecule has 1 aromatic carbocycles. The largest absolute Gasteiger partial charge is 0.332 e. The number of hydrogen-bond acceptors (Lipinski definition) is 3. The lowest BCUT2D eigenvalue weighted by Crippen LogP contribution is -1.90. The normalized spacial score (nSPS) is 11.5. The summed E-state index contributed by atoms with van der Waals surface area (Å²) in [6.45, 7) is 0. The lowest BCUT2D eigenvalue weighted by atomic mass is 10.2. The first-order chi connectivity index (χ1) is 7.07. The van der Waals surface area contributed by atoms with Crippen LogP contribution in [0.3, 0.4) is 0 Å². The van der Waals surface area contributed by atoms with Gasteiger partial charge in [-0.15, -0.1) is 15.2 Å². The number of rotatable bonds is 2. The molecule has 0 N–H and O–H groups in total. The predicted octanol–water partition coefficient (Wildman–Crippen LogP) is 3.07. The molecule has 78 valence electrons. The third-order valence-corrected chi connectivity index (χ3v) is 3.70. The summed E-state index contributed by atoms with van der Waals surface area (Å²) in [4.78, 5) is 0.723. The smallest absolute Gasteiger partial charge is 0.189 e. The third kappa shape index (κ3) is 2.24.